The molecule has 0 fully saturated rings. The largest absolute Gasteiger partial charge is 0.271 e. The minimum absolute atomic E-state index is 0.0728. The second-order valence-electron chi connectivity index (χ2n) is 4.91. The molecule has 0 spiro atoms. The maximum atomic E-state index is 12.9. The van der Waals surface area contributed by atoms with Gasteiger partial charge in [0, 0.05) is 10.6 Å². The van der Waals surface area contributed by atoms with E-state index in [9.17, 15) is 4.39 Å². The van der Waals surface area contributed by atoms with Crippen molar-refractivity contribution in [2.45, 2.75) is 24.8 Å². The van der Waals surface area contributed by atoms with E-state index in [0.717, 1.165) is 10.6 Å². The molecule has 0 aliphatic carbocycles. The SMILES string of the molecule is Cc1cc(C)cc(C(CSc2ccc(F)cc2)NN)c1. The van der Waals surface area contributed by atoms with Crippen molar-refractivity contribution in [3.8, 4) is 0 Å². The summed E-state index contributed by atoms with van der Waals surface area (Å²) in [6, 6.07) is 13.0. The standard InChI is InChI=1S/C16H19FN2S/c1-11-7-12(2)9-13(8-11)16(19-18)10-20-15-5-3-14(17)4-6-15/h3-9,16,19H,10,18H2,1-2H3. The Morgan fingerprint density at radius 3 is 2.25 bits per heavy atom. The summed E-state index contributed by atoms with van der Waals surface area (Å²) in [6.07, 6.45) is 0. The van der Waals surface area contributed by atoms with Gasteiger partial charge in [-0.3, -0.25) is 11.3 Å². The first kappa shape index (κ1) is 15.0. The van der Waals surface area contributed by atoms with E-state index in [2.05, 4.69) is 37.5 Å². The number of benzene rings is 2. The Balaban J connectivity index is 2.07. The normalized spacial score (nSPS) is 12.4. The number of hydrogen-bond acceptors (Lipinski definition) is 3. The van der Waals surface area contributed by atoms with E-state index in [1.54, 1.807) is 23.9 Å². The fraction of sp³-hybridized carbons (Fsp3) is 0.250. The van der Waals surface area contributed by atoms with Gasteiger partial charge in [0.15, 0.2) is 0 Å². The van der Waals surface area contributed by atoms with E-state index >= 15 is 0 Å². The summed E-state index contributed by atoms with van der Waals surface area (Å²) in [4.78, 5) is 1.04. The van der Waals surface area contributed by atoms with Crippen molar-refractivity contribution in [3.05, 3.63) is 65.0 Å². The molecule has 3 N–H and O–H groups in total. The zero-order valence-electron chi connectivity index (χ0n) is 11.7. The summed E-state index contributed by atoms with van der Waals surface area (Å²) in [7, 11) is 0. The number of thioether (sulfide) groups is 1. The topological polar surface area (TPSA) is 38.0 Å². The van der Waals surface area contributed by atoms with Crippen LogP contribution in [0.25, 0.3) is 0 Å². The van der Waals surface area contributed by atoms with Crippen LogP contribution in [0.2, 0.25) is 0 Å². The van der Waals surface area contributed by atoms with Gasteiger partial charge in [-0.05, 0) is 43.7 Å². The molecule has 0 radical (unpaired) electrons. The molecule has 20 heavy (non-hydrogen) atoms. The Morgan fingerprint density at radius 2 is 1.70 bits per heavy atom. The Morgan fingerprint density at radius 1 is 1.10 bits per heavy atom. The number of hydrogen-bond donors (Lipinski definition) is 2. The Bertz CT molecular complexity index is 549. The molecule has 0 amide bonds. The van der Waals surface area contributed by atoms with Gasteiger partial charge >= 0.3 is 0 Å². The molecule has 106 valence electrons. The minimum atomic E-state index is -0.211. The zero-order chi connectivity index (χ0) is 14.5. The molecule has 1 atom stereocenters. The van der Waals surface area contributed by atoms with E-state index in [4.69, 9.17) is 5.84 Å². The van der Waals surface area contributed by atoms with Crippen LogP contribution in [-0.4, -0.2) is 5.75 Å². The van der Waals surface area contributed by atoms with Gasteiger partial charge in [-0.25, -0.2) is 4.39 Å². The molecule has 0 bridgehead atoms. The van der Waals surface area contributed by atoms with Crippen LogP contribution in [0.5, 0.6) is 0 Å². The molecule has 0 saturated heterocycles. The molecule has 0 heterocycles. The molecule has 2 aromatic rings. The molecule has 2 nitrogen and oxygen atoms in total. The molecule has 0 saturated carbocycles. The van der Waals surface area contributed by atoms with Crippen molar-refractivity contribution in [3.63, 3.8) is 0 Å². The van der Waals surface area contributed by atoms with Crippen LogP contribution >= 0.6 is 11.8 Å². The lowest BCUT2D eigenvalue weighted by molar-refractivity contribution is 0.610. The van der Waals surface area contributed by atoms with Crippen LogP contribution in [0.3, 0.4) is 0 Å². The molecular formula is C16H19FN2S. The van der Waals surface area contributed by atoms with E-state index in [0.29, 0.717) is 0 Å². The first-order valence-electron chi connectivity index (χ1n) is 6.51. The van der Waals surface area contributed by atoms with Gasteiger partial charge in [0.05, 0.1) is 6.04 Å². The molecule has 2 aromatic carbocycles. The number of halogens is 1. The van der Waals surface area contributed by atoms with Crippen molar-refractivity contribution in [2.24, 2.45) is 5.84 Å². The molecule has 0 aromatic heterocycles. The Labute approximate surface area is 123 Å². The van der Waals surface area contributed by atoms with Crippen LogP contribution in [0, 0.1) is 19.7 Å². The summed E-state index contributed by atoms with van der Waals surface area (Å²) in [5.74, 6) is 6.26. The maximum Gasteiger partial charge on any atom is 0.123 e. The van der Waals surface area contributed by atoms with Crippen molar-refractivity contribution in [2.75, 3.05) is 5.75 Å². The van der Waals surface area contributed by atoms with E-state index in [-0.39, 0.29) is 11.9 Å². The van der Waals surface area contributed by atoms with Gasteiger partial charge < -0.3 is 0 Å². The van der Waals surface area contributed by atoms with Gasteiger partial charge in [-0.15, -0.1) is 11.8 Å². The number of hydrazine groups is 1. The number of nitrogens with one attached hydrogen (secondary N) is 1. The predicted molar refractivity (Wildman–Crippen MR) is 83.1 cm³/mol. The quantitative estimate of drug-likeness (QED) is 0.500. The van der Waals surface area contributed by atoms with E-state index in [1.165, 1.54) is 28.8 Å². The highest BCUT2D eigenvalue weighted by Crippen LogP contribution is 2.25. The molecule has 0 aliphatic heterocycles. The lowest BCUT2D eigenvalue weighted by Gasteiger charge is -2.17. The van der Waals surface area contributed by atoms with Gasteiger partial charge in [0.1, 0.15) is 5.82 Å². The third-order valence-corrected chi connectivity index (χ3v) is 4.18. The fourth-order valence-electron chi connectivity index (χ4n) is 2.16. The highest BCUT2D eigenvalue weighted by atomic mass is 32.2. The number of nitrogens with two attached hydrogens (primary N) is 1. The lowest BCUT2D eigenvalue weighted by atomic mass is 10.0. The highest BCUT2D eigenvalue weighted by molar-refractivity contribution is 7.99. The van der Waals surface area contributed by atoms with Gasteiger partial charge in [-0.1, -0.05) is 29.3 Å². The van der Waals surface area contributed by atoms with Crippen molar-refractivity contribution < 1.29 is 4.39 Å². The summed E-state index contributed by atoms with van der Waals surface area (Å²) in [5.41, 5.74) is 6.50. The average molecular weight is 290 g/mol. The highest BCUT2D eigenvalue weighted by Gasteiger charge is 2.11. The Kier molecular flexibility index (Phi) is 5.17. The first-order valence-corrected chi connectivity index (χ1v) is 7.50. The number of aryl methyl sites for hydroxylation is 2. The van der Waals surface area contributed by atoms with Crippen LogP contribution in [0.4, 0.5) is 4.39 Å². The maximum absolute atomic E-state index is 12.9. The third-order valence-electron chi connectivity index (χ3n) is 3.08. The van der Waals surface area contributed by atoms with Crippen molar-refractivity contribution in [1.82, 2.24) is 5.43 Å². The summed E-state index contributed by atoms with van der Waals surface area (Å²) in [5, 5.41) is 0. The van der Waals surface area contributed by atoms with Gasteiger partial charge in [0.25, 0.3) is 0 Å². The van der Waals surface area contributed by atoms with Gasteiger partial charge in [-0.2, -0.15) is 0 Å². The lowest BCUT2D eigenvalue weighted by Crippen LogP contribution is -2.29. The molecule has 1 unspecified atom stereocenters. The summed E-state index contributed by atoms with van der Waals surface area (Å²) < 4.78 is 12.9. The van der Waals surface area contributed by atoms with E-state index < -0.39 is 0 Å². The summed E-state index contributed by atoms with van der Waals surface area (Å²) in [6.45, 7) is 4.16. The molecule has 2 rings (SSSR count). The van der Waals surface area contributed by atoms with Gasteiger partial charge in [0.2, 0.25) is 0 Å². The van der Waals surface area contributed by atoms with Crippen LogP contribution in [0.1, 0.15) is 22.7 Å². The third kappa shape index (κ3) is 4.07. The zero-order valence-corrected chi connectivity index (χ0v) is 12.5. The monoisotopic (exact) mass is 290 g/mol. The van der Waals surface area contributed by atoms with Crippen molar-refractivity contribution >= 4 is 11.8 Å². The second-order valence-corrected chi connectivity index (χ2v) is 6.00. The fourth-order valence-corrected chi connectivity index (χ4v) is 3.14. The average Bonchev–Trinajstić information content (AvgIpc) is 2.40. The predicted octanol–water partition coefficient (Wildman–Crippen LogP) is 3.74. The summed E-state index contributed by atoms with van der Waals surface area (Å²) >= 11 is 1.66. The van der Waals surface area contributed by atoms with Crippen LogP contribution < -0.4 is 11.3 Å². The van der Waals surface area contributed by atoms with E-state index in [1.807, 2.05) is 0 Å². The molecule has 4 heteroatoms. The van der Waals surface area contributed by atoms with Crippen LogP contribution in [0.15, 0.2) is 47.4 Å². The smallest absolute Gasteiger partial charge is 0.123 e. The Hall–Kier alpha value is -1.36. The van der Waals surface area contributed by atoms with Crippen molar-refractivity contribution in [1.29, 1.82) is 0 Å². The number of rotatable bonds is 5. The molecular weight excluding hydrogens is 271 g/mol. The second kappa shape index (κ2) is 6.88. The first-order chi connectivity index (χ1) is 9.58. The van der Waals surface area contributed by atoms with Crippen LogP contribution in [-0.2, 0) is 0 Å². The minimum Gasteiger partial charge on any atom is -0.271 e. The molecule has 0 aliphatic rings.